The van der Waals surface area contributed by atoms with Gasteiger partial charge in [-0.1, -0.05) is 48.0 Å². The fourth-order valence-electron chi connectivity index (χ4n) is 2.52. The molecule has 0 aliphatic rings. The van der Waals surface area contributed by atoms with Crippen molar-refractivity contribution in [3.8, 4) is 11.3 Å². The fourth-order valence-corrected chi connectivity index (χ4v) is 2.80. The monoisotopic (exact) mass is 366 g/mol. The highest BCUT2D eigenvalue weighted by atomic mass is 35.5. The molecular weight excluding hydrogens is 344 g/mol. The van der Waals surface area contributed by atoms with Crippen LogP contribution in [0.1, 0.15) is 26.3 Å². The van der Waals surface area contributed by atoms with Gasteiger partial charge in [0.1, 0.15) is 5.82 Å². The topological polar surface area (TPSA) is 49.8 Å². The molecule has 134 valence electrons. The summed E-state index contributed by atoms with van der Waals surface area (Å²) in [6.45, 7) is 8.25. The van der Waals surface area contributed by atoms with Crippen LogP contribution < -0.4 is 10.6 Å². The first-order chi connectivity index (χ1) is 12.3. The molecule has 0 atom stereocenters. The van der Waals surface area contributed by atoms with E-state index in [-0.39, 0.29) is 5.54 Å². The summed E-state index contributed by atoms with van der Waals surface area (Å²) in [5.41, 5.74) is 3.66. The Kier molecular flexibility index (Phi) is 5.14. The van der Waals surface area contributed by atoms with Crippen molar-refractivity contribution in [1.29, 1.82) is 0 Å². The van der Waals surface area contributed by atoms with Gasteiger partial charge in [-0.05, 0) is 45.4 Å². The first-order valence-electron chi connectivity index (χ1n) is 8.56. The van der Waals surface area contributed by atoms with Crippen molar-refractivity contribution in [2.24, 2.45) is 0 Å². The lowest BCUT2D eigenvalue weighted by molar-refractivity contribution is 0.626. The predicted molar refractivity (Wildman–Crippen MR) is 110 cm³/mol. The third-order valence-electron chi connectivity index (χ3n) is 3.67. The number of halogens is 1. The Balaban J connectivity index is 2.01. The highest BCUT2D eigenvalue weighted by Crippen LogP contribution is 2.28. The molecule has 1 heterocycles. The Morgan fingerprint density at radius 1 is 0.923 bits per heavy atom. The summed E-state index contributed by atoms with van der Waals surface area (Å²) in [4.78, 5) is 9.28. The molecule has 1 aromatic heterocycles. The van der Waals surface area contributed by atoms with Crippen molar-refractivity contribution in [2.75, 3.05) is 10.6 Å². The van der Waals surface area contributed by atoms with Crippen LogP contribution in [0.15, 0.2) is 54.6 Å². The first kappa shape index (κ1) is 18.2. The number of nitrogens with zero attached hydrogens (tertiary/aromatic N) is 2. The van der Waals surface area contributed by atoms with E-state index in [2.05, 4.69) is 41.4 Å². The minimum atomic E-state index is -0.145. The van der Waals surface area contributed by atoms with Crippen LogP contribution in [0, 0.1) is 6.92 Å². The van der Waals surface area contributed by atoms with Crippen molar-refractivity contribution in [2.45, 2.75) is 33.2 Å². The predicted octanol–water partition coefficient (Wildman–Crippen LogP) is 6.06. The van der Waals surface area contributed by atoms with E-state index in [1.54, 1.807) is 0 Å². The second kappa shape index (κ2) is 7.34. The van der Waals surface area contributed by atoms with Crippen LogP contribution in [-0.2, 0) is 0 Å². The maximum Gasteiger partial charge on any atom is 0.225 e. The normalized spacial score (nSPS) is 11.3. The fraction of sp³-hybridized carbons (Fsp3) is 0.238. The average molecular weight is 367 g/mol. The van der Waals surface area contributed by atoms with Gasteiger partial charge in [-0.15, -0.1) is 0 Å². The molecule has 0 spiro atoms. The standard InChI is InChI=1S/C21H23ClN4/c1-14-10-11-17(16(22)12-14)23-19-13-18(15-8-6-5-7-9-15)24-20(25-19)26-21(2,3)4/h5-13H,1-4H3,(H2,23,24,25,26). The number of anilines is 3. The van der Waals surface area contributed by atoms with Crippen LogP contribution in [0.2, 0.25) is 5.02 Å². The number of rotatable bonds is 4. The molecule has 2 N–H and O–H groups in total. The highest BCUT2D eigenvalue weighted by Gasteiger charge is 2.14. The summed E-state index contributed by atoms with van der Waals surface area (Å²) >= 11 is 6.36. The number of aromatic nitrogens is 2. The summed E-state index contributed by atoms with van der Waals surface area (Å²) in [6, 6.07) is 17.9. The quantitative estimate of drug-likeness (QED) is 0.589. The SMILES string of the molecule is Cc1ccc(Nc2cc(-c3ccccc3)nc(NC(C)(C)C)n2)c(Cl)c1. The largest absolute Gasteiger partial charge is 0.350 e. The van der Waals surface area contributed by atoms with Gasteiger partial charge in [0, 0.05) is 17.2 Å². The van der Waals surface area contributed by atoms with Crippen molar-refractivity contribution < 1.29 is 0 Å². The Morgan fingerprint density at radius 2 is 1.65 bits per heavy atom. The van der Waals surface area contributed by atoms with Crippen LogP contribution in [0.4, 0.5) is 17.5 Å². The lowest BCUT2D eigenvalue weighted by Crippen LogP contribution is -2.27. The first-order valence-corrected chi connectivity index (χ1v) is 8.94. The van der Waals surface area contributed by atoms with Crippen molar-refractivity contribution in [3.63, 3.8) is 0 Å². The van der Waals surface area contributed by atoms with Crippen molar-refractivity contribution in [3.05, 3.63) is 65.2 Å². The van der Waals surface area contributed by atoms with Gasteiger partial charge < -0.3 is 10.6 Å². The van der Waals surface area contributed by atoms with E-state index in [9.17, 15) is 0 Å². The number of nitrogens with one attached hydrogen (secondary N) is 2. The lowest BCUT2D eigenvalue weighted by atomic mass is 10.1. The van der Waals surface area contributed by atoms with Gasteiger partial charge in [-0.3, -0.25) is 0 Å². The Labute approximate surface area is 159 Å². The zero-order valence-corrected chi connectivity index (χ0v) is 16.2. The molecule has 0 aliphatic carbocycles. The molecule has 0 saturated carbocycles. The Hall–Kier alpha value is -2.59. The Bertz CT molecular complexity index is 902. The molecule has 0 aliphatic heterocycles. The molecule has 3 rings (SSSR count). The molecule has 0 bridgehead atoms. The number of benzene rings is 2. The van der Waals surface area contributed by atoms with E-state index >= 15 is 0 Å². The molecule has 3 aromatic rings. The molecular formula is C21H23ClN4. The van der Waals surface area contributed by atoms with E-state index in [1.807, 2.05) is 61.5 Å². The van der Waals surface area contributed by atoms with E-state index < -0.39 is 0 Å². The molecule has 0 saturated heterocycles. The minimum Gasteiger partial charge on any atom is -0.350 e. The van der Waals surface area contributed by atoms with Crippen LogP contribution in [0.3, 0.4) is 0 Å². The number of hydrogen-bond acceptors (Lipinski definition) is 4. The molecule has 26 heavy (non-hydrogen) atoms. The maximum atomic E-state index is 6.36. The summed E-state index contributed by atoms with van der Waals surface area (Å²) in [5.74, 6) is 1.26. The van der Waals surface area contributed by atoms with Crippen LogP contribution >= 0.6 is 11.6 Å². The van der Waals surface area contributed by atoms with E-state index in [4.69, 9.17) is 11.6 Å². The third kappa shape index (κ3) is 4.73. The van der Waals surface area contributed by atoms with Gasteiger partial charge in [0.15, 0.2) is 0 Å². The molecule has 4 nitrogen and oxygen atoms in total. The molecule has 2 aromatic carbocycles. The van der Waals surface area contributed by atoms with Gasteiger partial charge in [-0.25, -0.2) is 4.98 Å². The highest BCUT2D eigenvalue weighted by molar-refractivity contribution is 6.33. The van der Waals surface area contributed by atoms with E-state index in [0.29, 0.717) is 16.8 Å². The summed E-state index contributed by atoms with van der Waals surface area (Å²) in [6.07, 6.45) is 0. The Morgan fingerprint density at radius 3 is 2.31 bits per heavy atom. The van der Waals surface area contributed by atoms with E-state index in [1.165, 1.54) is 0 Å². The van der Waals surface area contributed by atoms with Crippen LogP contribution in [0.5, 0.6) is 0 Å². The third-order valence-corrected chi connectivity index (χ3v) is 3.98. The zero-order valence-electron chi connectivity index (χ0n) is 15.5. The maximum absolute atomic E-state index is 6.36. The van der Waals surface area contributed by atoms with Gasteiger partial charge in [-0.2, -0.15) is 4.98 Å². The summed E-state index contributed by atoms with van der Waals surface area (Å²) in [5, 5.41) is 7.32. The zero-order chi connectivity index (χ0) is 18.7. The summed E-state index contributed by atoms with van der Waals surface area (Å²) in [7, 11) is 0. The minimum absolute atomic E-state index is 0.145. The van der Waals surface area contributed by atoms with Crippen molar-refractivity contribution >= 4 is 29.1 Å². The summed E-state index contributed by atoms with van der Waals surface area (Å²) < 4.78 is 0. The van der Waals surface area contributed by atoms with Crippen LogP contribution in [0.25, 0.3) is 11.3 Å². The molecule has 0 unspecified atom stereocenters. The van der Waals surface area contributed by atoms with Crippen LogP contribution in [-0.4, -0.2) is 15.5 Å². The van der Waals surface area contributed by atoms with E-state index in [0.717, 1.165) is 22.5 Å². The lowest BCUT2D eigenvalue weighted by Gasteiger charge is -2.21. The van der Waals surface area contributed by atoms with Gasteiger partial charge in [0.2, 0.25) is 5.95 Å². The molecule has 0 radical (unpaired) electrons. The average Bonchev–Trinajstić information content (AvgIpc) is 2.56. The second-order valence-electron chi connectivity index (χ2n) is 7.31. The number of hydrogen-bond donors (Lipinski definition) is 2. The number of aryl methyl sites for hydroxylation is 1. The van der Waals surface area contributed by atoms with Crippen molar-refractivity contribution in [1.82, 2.24) is 9.97 Å². The molecule has 5 heteroatoms. The molecule has 0 fully saturated rings. The van der Waals surface area contributed by atoms with Gasteiger partial charge in [0.05, 0.1) is 16.4 Å². The van der Waals surface area contributed by atoms with Gasteiger partial charge in [0.25, 0.3) is 0 Å². The second-order valence-corrected chi connectivity index (χ2v) is 7.72. The smallest absolute Gasteiger partial charge is 0.225 e. The molecule has 0 amide bonds. The van der Waals surface area contributed by atoms with Gasteiger partial charge >= 0.3 is 0 Å².